The Kier molecular flexibility index (Phi) is 6.73. The van der Waals surface area contributed by atoms with Crippen LogP contribution in [0.2, 0.25) is 0 Å². The predicted molar refractivity (Wildman–Crippen MR) is 112 cm³/mol. The van der Waals surface area contributed by atoms with E-state index >= 15 is 8.78 Å². The van der Waals surface area contributed by atoms with Crippen LogP contribution in [0.25, 0.3) is 0 Å². The van der Waals surface area contributed by atoms with Crippen LogP contribution in [0.3, 0.4) is 0 Å². The first-order chi connectivity index (χ1) is 17.3. The maximum atomic E-state index is 15.8. The molecule has 0 radical (unpaired) electrons. The molecule has 2 atom stereocenters. The topological polar surface area (TPSA) is 97.0 Å². The van der Waals surface area contributed by atoms with Crippen LogP contribution in [0.5, 0.6) is 0 Å². The Bertz CT molecular complexity index is 1360. The number of tetrazole rings is 1. The molecule has 37 heavy (non-hydrogen) atoms. The number of halogens is 7. The fourth-order valence-electron chi connectivity index (χ4n) is 3.68. The molecule has 14 heteroatoms. The number of pyridine rings is 1. The molecule has 7 nitrogen and oxygen atoms in total. The summed E-state index contributed by atoms with van der Waals surface area (Å²) in [6, 6.07) is 7.02. The van der Waals surface area contributed by atoms with Crippen molar-refractivity contribution in [2.75, 3.05) is 0 Å². The van der Waals surface area contributed by atoms with Crippen molar-refractivity contribution >= 4 is 0 Å². The van der Waals surface area contributed by atoms with Gasteiger partial charge in [-0.2, -0.15) is 22.0 Å². The number of hydrogen-bond donors (Lipinski definition) is 2. The second-order valence-electron chi connectivity index (χ2n) is 8.07. The fraction of sp³-hybridized carbons (Fsp3) is 0.217. The zero-order valence-electron chi connectivity index (χ0n) is 18.4. The summed E-state index contributed by atoms with van der Waals surface area (Å²) in [5.74, 6) is -6.83. The second kappa shape index (κ2) is 9.52. The van der Waals surface area contributed by atoms with Gasteiger partial charge in [-0.3, -0.25) is 4.98 Å². The molecule has 0 bridgehead atoms. The molecule has 4 aromatic rings. The number of aromatic nitrogens is 5. The lowest BCUT2D eigenvalue weighted by Crippen LogP contribution is -2.48. The molecule has 2 heterocycles. The maximum absolute atomic E-state index is 15.8. The maximum Gasteiger partial charge on any atom is 0.416 e. The van der Waals surface area contributed by atoms with Gasteiger partial charge in [0.1, 0.15) is 29.8 Å². The van der Waals surface area contributed by atoms with Gasteiger partial charge in [-0.15, -0.1) is 5.10 Å². The highest BCUT2D eigenvalue weighted by atomic mass is 19.4. The largest absolute Gasteiger partial charge is 0.416 e. The Morgan fingerprint density at radius 2 is 1.57 bits per heavy atom. The van der Waals surface area contributed by atoms with Gasteiger partial charge in [0.25, 0.3) is 0 Å². The molecule has 0 aliphatic rings. The number of rotatable bonds is 7. The third kappa shape index (κ3) is 5.02. The zero-order chi connectivity index (χ0) is 27.0. The number of alkyl halides is 5. The molecule has 0 spiro atoms. The van der Waals surface area contributed by atoms with E-state index in [1.165, 1.54) is 0 Å². The monoisotopic (exact) mass is 527 g/mol. The van der Waals surface area contributed by atoms with Gasteiger partial charge < -0.3 is 10.2 Å². The first-order valence-electron chi connectivity index (χ1n) is 10.4. The molecule has 0 amide bonds. The molecule has 194 valence electrons. The zero-order valence-corrected chi connectivity index (χ0v) is 18.4. The van der Waals surface area contributed by atoms with Crippen molar-refractivity contribution in [1.82, 2.24) is 25.2 Å². The second-order valence-corrected chi connectivity index (χ2v) is 8.07. The van der Waals surface area contributed by atoms with Crippen LogP contribution in [0.15, 0.2) is 67.1 Å². The summed E-state index contributed by atoms with van der Waals surface area (Å²) in [5, 5.41) is 31.6. The Hall–Kier alpha value is -3.91. The molecular formula is C23H16F7N5O2. The van der Waals surface area contributed by atoms with Crippen molar-refractivity contribution in [3.63, 3.8) is 0 Å². The standard InChI is InChI=1S/C23H16F7N5O2/c24-16-6-7-17(18(25)9-16)21(37,11-35-12-32-33-34-35)22(26,27)19-8-3-14(10-31-19)20(36)13-1-4-15(5-2-13)23(28,29)30/h1-10,12,20,36-37H,11H2. The highest BCUT2D eigenvalue weighted by Crippen LogP contribution is 2.46. The summed E-state index contributed by atoms with van der Waals surface area (Å²) < 4.78 is 98.5. The molecule has 4 rings (SSSR count). The first kappa shape index (κ1) is 26.2. The van der Waals surface area contributed by atoms with E-state index in [0.717, 1.165) is 53.6 Å². The van der Waals surface area contributed by atoms with E-state index in [2.05, 4.69) is 20.5 Å². The summed E-state index contributed by atoms with van der Waals surface area (Å²) in [4.78, 5) is 3.61. The van der Waals surface area contributed by atoms with Gasteiger partial charge in [-0.1, -0.05) is 18.2 Å². The van der Waals surface area contributed by atoms with Gasteiger partial charge in [0, 0.05) is 23.4 Å². The molecule has 2 unspecified atom stereocenters. The summed E-state index contributed by atoms with van der Waals surface area (Å²) in [5.41, 5.74) is -6.29. The van der Waals surface area contributed by atoms with E-state index in [4.69, 9.17) is 0 Å². The van der Waals surface area contributed by atoms with Gasteiger partial charge >= 0.3 is 12.1 Å². The van der Waals surface area contributed by atoms with E-state index in [1.807, 2.05) is 0 Å². The molecule has 0 fully saturated rings. The van der Waals surface area contributed by atoms with E-state index in [0.29, 0.717) is 18.2 Å². The molecular weight excluding hydrogens is 511 g/mol. The molecule has 2 aromatic heterocycles. The molecule has 2 N–H and O–H groups in total. The van der Waals surface area contributed by atoms with Gasteiger partial charge in [-0.25, -0.2) is 13.5 Å². The van der Waals surface area contributed by atoms with Gasteiger partial charge in [0.05, 0.1) is 12.1 Å². The van der Waals surface area contributed by atoms with E-state index < -0.39 is 58.8 Å². The Labute approximate surface area is 203 Å². The Balaban J connectivity index is 1.68. The summed E-state index contributed by atoms with van der Waals surface area (Å²) in [6.07, 6.45) is -4.35. The summed E-state index contributed by atoms with van der Waals surface area (Å²) in [7, 11) is 0. The number of benzene rings is 2. The smallest absolute Gasteiger partial charge is 0.384 e. The summed E-state index contributed by atoms with van der Waals surface area (Å²) >= 11 is 0. The average molecular weight is 527 g/mol. The minimum Gasteiger partial charge on any atom is -0.384 e. The number of hydrogen-bond acceptors (Lipinski definition) is 6. The lowest BCUT2D eigenvalue weighted by molar-refractivity contribution is -0.207. The van der Waals surface area contributed by atoms with Gasteiger partial charge in [0.15, 0.2) is 5.60 Å². The third-order valence-corrected chi connectivity index (χ3v) is 5.66. The molecule has 0 aliphatic heterocycles. The molecule has 0 saturated carbocycles. The van der Waals surface area contributed by atoms with Crippen molar-refractivity contribution in [2.24, 2.45) is 0 Å². The number of aliphatic hydroxyl groups excluding tert-OH is 1. The van der Waals surface area contributed by atoms with Gasteiger partial charge in [-0.05, 0) is 46.3 Å². The van der Waals surface area contributed by atoms with Gasteiger partial charge in [0.2, 0.25) is 0 Å². The minimum absolute atomic E-state index is 0.0397. The molecule has 0 saturated heterocycles. The first-order valence-corrected chi connectivity index (χ1v) is 10.4. The lowest BCUT2D eigenvalue weighted by atomic mass is 9.84. The van der Waals surface area contributed by atoms with E-state index in [1.54, 1.807) is 0 Å². The van der Waals surface area contributed by atoms with Crippen LogP contribution in [-0.2, 0) is 24.2 Å². The SMILES string of the molecule is OC(c1ccc(C(F)(F)F)cc1)c1ccc(C(F)(F)C(O)(Cn2cnnn2)c2ccc(F)cc2F)nc1. The van der Waals surface area contributed by atoms with Crippen molar-refractivity contribution in [2.45, 2.75) is 30.3 Å². The predicted octanol–water partition coefficient (Wildman–Crippen LogP) is 4.13. The van der Waals surface area contributed by atoms with Crippen LogP contribution in [0.1, 0.15) is 34.1 Å². The van der Waals surface area contributed by atoms with Crippen molar-refractivity contribution < 1.29 is 40.9 Å². The average Bonchev–Trinajstić information content (AvgIpc) is 3.36. The van der Waals surface area contributed by atoms with Crippen LogP contribution in [-0.4, -0.2) is 35.4 Å². The normalized spacial score (nSPS) is 14.8. The van der Waals surface area contributed by atoms with Crippen molar-refractivity contribution in [1.29, 1.82) is 0 Å². The molecule has 0 aliphatic carbocycles. The van der Waals surface area contributed by atoms with Crippen LogP contribution in [0.4, 0.5) is 30.7 Å². The fourth-order valence-corrected chi connectivity index (χ4v) is 3.68. The van der Waals surface area contributed by atoms with Crippen molar-refractivity contribution in [3.05, 3.63) is 107 Å². The number of aliphatic hydroxyl groups is 2. The Morgan fingerprint density at radius 3 is 2.11 bits per heavy atom. The minimum atomic E-state index is -4.58. The van der Waals surface area contributed by atoms with Crippen LogP contribution >= 0.6 is 0 Å². The molecule has 2 aromatic carbocycles. The highest BCUT2D eigenvalue weighted by Gasteiger charge is 2.58. The van der Waals surface area contributed by atoms with Crippen molar-refractivity contribution in [3.8, 4) is 0 Å². The van der Waals surface area contributed by atoms with E-state index in [9.17, 15) is 32.2 Å². The lowest BCUT2D eigenvalue weighted by Gasteiger charge is -2.35. The number of nitrogens with zero attached hydrogens (tertiary/aromatic N) is 5. The summed E-state index contributed by atoms with van der Waals surface area (Å²) in [6.45, 7) is -1.05. The Morgan fingerprint density at radius 1 is 0.892 bits per heavy atom. The quantitative estimate of drug-likeness (QED) is 0.351. The highest BCUT2D eigenvalue weighted by molar-refractivity contribution is 5.35. The van der Waals surface area contributed by atoms with E-state index in [-0.39, 0.29) is 11.1 Å². The van der Waals surface area contributed by atoms with Crippen LogP contribution < -0.4 is 0 Å². The van der Waals surface area contributed by atoms with Crippen LogP contribution in [0, 0.1) is 11.6 Å². The third-order valence-electron chi connectivity index (χ3n) is 5.66.